The van der Waals surface area contributed by atoms with E-state index in [1.54, 1.807) is 74.9 Å². The topological polar surface area (TPSA) is 52.6 Å². The molecule has 44 heavy (non-hydrogen) atoms. The maximum absolute atomic E-state index is 13.2. The summed E-state index contributed by atoms with van der Waals surface area (Å²) in [4.78, 5) is 26.4. The van der Waals surface area contributed by atoms with Crippen LogP contribution in [0.4, 0.5) is 0 Å². The van der Waals surface area contributed by atoms with Crippen molar-refractivity contribution >= 4 is 45.3 Å². The van der Waals surface area contributed by atoms with Gasteiger partial charge in [-0.1, -0.05) is 84.9 Å². The van der Waals surface area contributed by atoms with E-state index >= 15 is 0 Å². The van der Waals surface area contributed by atoms with Crippen molar-refractivity contribution in [3.63, 3.8) is 0 Å². The Balaban J connectivity index is 1.50. The highest BCUT2D eigenvalue weighted by atomic mass is 16.5. The molecular formula is C40H30O4. The van der Waals surface area contributed by atoms with Crippen molar-refractivity contribution in [3.8, 4) is 22.6 Å². The standard InChI is InChI=1S/C40H30O4/c1-43-33-21-15-29(16-22-33)37(41)25-19-31-13-11-27-7-3-5-9-35(27)39(31)40-32(14-12-28-8-4-6-10-36(28)40)20-26-38(42)30-17-23-34(44-2)24-18-30/h3-26H,1-2H3/b25-19+,26-20+. The summed E-state index contributed by atoms with van der Waals surface area (Å²) in [5, 5.41) is 4.27. The maximum atomic E-state index is 13.2. The normalized spacial score (nSPS) is 11.4. The van der Waals surface area contributed by atoms with E-state index in [9.17, 15) is 9.59 Å². The molecule has 0 aromatic heterocycles. The summed E-state index contributed by atoms with van der Waals surface area (Å²) in [5.74, 6) is 1.19. The van der Waals surface area contributed by atoms with Gasteiger partial charge in [-0.2, -0.15) is 0 Å². The molecule has 0 bridgehead atoms. The number of carbonyl (C=O) groups is 2. The Labute approximate surface area is 256 Å². The van der Waals surface area contributed by atoms with Crippen molar-refractivity contribution in [1.82, 2.24) is 0 Å². The Kier molecular flexibility index (Phi) is 8.15. The smallest absolute Gasteiger partial charge is 0.185 e. The minimum absolute atomic E-state index is 0.102. The quantitative estimate of drug-likeness (QED) is 0.127. The van der Waals surface area contributed by atoms with Gasteiger partial charge in [-0.15, -0.1) is 0 Å². The van der Waals surface area contributed by atoms with Crippen molar-refractivity contribution in [2.24, 2.45) is 0 Å². The van der Waals surface area contributed by atoms with Crippen LogP contribution in [0.25, 0.3) is 44.8 Å². The van der Waals surface area contributed by atoms with Crippen LogP contribution < -0.4 is 9.47 Å². The Morgan fingerprint density at radius 2 is 0.864 bits per heavy atom. The number of ether oxygens (including phenoxy) is 2. The number of carbonyl (C=O) groups excluding carboxylic acids is 2. The van der Waals surface area contributed by atoms with Crippen molar-refractivity contribution < 1.29 is 19.1 Å². The average Bonchev–Trinajstić information content (AvgIpc) is 3.09. The lowest BCUT2D eigenvalue weighted by Crippen LogP contribution is -1.96. The fraction of sp³-hybridized carbons (Fsp3) is 0.0500. The second-order valence-electron chi connectivity index (χ2n) is 10.4. The Hall–Kier alpha value is -5.74. The van der Waals surface area contributed by atoms with Crippen LogP contribution in [0, 0.1) is 0 Å². The lowest BCUT2D eigenvalue weighted by molar-refractivity contribution is 0.103. The Morgan fingerprint density at radius 3 is 1.25 bits per heavy atom. The molecule has 0 unspecified atom stereocenters. The van der Waals surface area contributed by atoms with Crippen molar-refractivity contribution in [3.05, 3.63) is 156 Å². The number of fused-ring (bicyclic) bond motifs is 2. The molecule has 214 valence electrons. The first-order valence-corrected chi connectivity index (χ1v) is 14.3. The zero-order chi connectivity index (χ0) is 30.5. The molecule has 0 saturated carbocycles. The van der Waals surface area contributed by atoms with Gasteiger partial charge in [0.15, 0.2) is 11.6 Å². The summed E-state index contributed by atoms with van der Waals surface area (Å²) in [5.41, 5.74) is 4.95. The van der Waals surface area contributed by atoms with Gasteiger partial charge in [0.05, 0.1) is 14.2 Å². The van der Waals surface area contributed by atoms with Crippen molar-refractivity contribution in [2.45, 2.75) is 0 Å². The minimum atomic E-state index is -0.102. The van der Waals surface area contributed by atoms with Crippen LogP contribution in [-0.4, -0.2) is 25.8 Å². The van der Waals surface area contributed by atoms with E-state index in [0.717, 1.165) is 43.8 Å². The van der Waals surface area contributed by atoms with E-state index in [4.69, 9.17) is 9.47 Å². The summed E-state index contributed by atoms with van der Waals surface area (Å²) < 4.78 is 10.5. The van der Waals surface area contributed by atoms with Gasteiger partial charge in [-0.05, 0) is 104 Å². The highest BCUT2D eigenvalue weighted by Gasteiger charge is 2.16. The third-order valence-corrected chi connectivity index (χ3v) is 7.75. The predicted molar refractivity (Wildman–Crippen MR) is 180 cm³/mol. The molecule has 6 aromatic carbocycles. The third-order valence-electron chi connectivity index (χ3n) is 7.75. The van der Waals surface area contributed by atoms with Gasteiger partial charge in [-0.3, -0.25) is 9.59 Å². The molecule has 0 radical (unpaired) electrons. The van der Waals surface area contributed by atoms with Crippen LogP contribution in [0.1, 0.15) is 31.8 Å². The van der Waals surface area contributed by atoms with Crippen LogP contribution in [0.15, 0.2) is 133 Å². The zero-order valence-electron chi connectivity index (χ0n) is 24.5. The predicted octanol–water partition coefficient (Wildman–Crippen LogP) is 9.47. The largest absolute Gasteiger partial charge is 0.497 e. The number of rotatable bonds is 9. The molecule has 4 nitrogen and oxygen atoms in total. The van der Waals surface area contributed by atoms with Gasteiger partial charge in [0, 0.05) is 11.1 Å². The van der Waals surface area contributed by atoms with Crippen LogP contribution in [0.3, 0.4) is 0 Å². The molecule has 0 saturated heterocycles. The Bertz CT molecular complexity index is 1900. The number of allylic oxidation sites excluding steroid dienone is 2. The summed E-state index contributed by atoms with van der Waals surface area (Å²) in [6.45, 7) is 0. The Morgan fingerprint density at radius 1 is 0.477 bits per heavy atom. The highest BCUT2D eigenvalue weighted by Crippen LogP contribution is 2.40. The molecule has 0 amide bonds. The zero-order valence-corrected chi connectivity index (χ0v) is 24.5. The summed E-state index contributed by atoms with van der Waals surface area (Å²) in [6, 6.07) is 38.9. The second-order valence-corrected chi connectivity index (χ2v) is 10.4. The first-order valence-electron chi connectivity index (χ1n) is 14.3. The second kappa shape index (κ2) is 12.6. The first kappa shape index (κ1) is 28.4. The number of hydrogen-bond acceptors (Lipinski definition) is 4. The molecule has 0 heterocycles. The van der Waals surface area contributed by atoms with E-state index in [1.165, 1.54) is 0 Å². The van der Waals surface area contributed by atoms with Crippen LogP contribution in [-0.2, 0) is 0 Å². The van der Waals surface area contributed by atoms with E-state index in [2.05, 4.69) is 36.4 Å². The fourth-order valence-corrected chi connectivity index (χ4v) is 5.45. The summed E-state index contributed by atoms with van der Waals surface area (Å²) in [6.07, 6.45) is 6.99. The van der Waals surface area contributed by atoms with Gasteiger partial charge in [0.1, 0.15) is 11.5 Å². The monoisotopic (exact) mass is 574 g/mol. The lowest BCUT2D eigenvalue weighted by Gasteiger charge is -2.17. The first-order chi connectivity index (χ1) is 21.6. The van der Waals surface area contributed by atoms with E-state index < -0.39 is 0 Å². The molecule has 0 aliphatic carbocycles. The van der Waals surface area contributed by atoms with E-state index in [0.29, 0.717) is 22.6 Å². The molecule has 0 fully saturated rings. The van der Waals surface area contributed by atoms with Crippen molar-refractivity contribution in [2.75, 3.05) is 14.2 Å². The van der Waals surface area contributed by atoms with Crippen molar-refractivity contribution in [1.29, 1.82) is 0 Å². The molecule has 0 aliphatic rings. The number of ketones is 2. The number of hydrogen-bond donors (Lipinski definition) is 0. The molecule has 0 atom stereocenters. The number of benzene rings is 6. The highest BCUT2D eigenvalue weighted by molar-refractivity contribution is 6.14. The van der Waals surface area contributed by atoms with E-state index in [1.807, 2.05) is 48.6 Å². The third kappa shape index (κ3) is 5.79. The van der Waals surface area contributed by atoms with Crippen LogP contribution >= 0.6 is 0 Å². The van der Waals surface area contributed by atoms with Gasteiger partial charge in [0.2, 0.25) is 0 Å². The molecule has 4 heteroatoms. The molecule has 0 aliphatic heterocycles. The van der Waals surface area contributed by atoms with Crippen LogP contribution in [0.2, 0.25) is 0 Å². The number of methoxy groups -OCH3 is 2. The molecule has 0 spiro atoms. The molecular weight excluding hydrogens is 544 g/mol. The maximum Gasteiger partial charge on any atom is 0.185 e. The fourth-order valence-electron chi connectivity index (χ4n) is 5.45. The molecule has 0 N–H and O–H groups in total. The summed E-state index contributed by atoms with van der Waals surface area (Å²) in [7, 11) is 3.20. The average molecular weight is 575 g/mol. The van der Waals surface area contributed by atoms with Gasteiger partial charge in [-0.25, -0.2) is 0 Å². The van der Waals surface area contributed by atoms with E-state index in [-0.39, 0.29) is 11.6 Å². The van der Waals surface area contributed by atoms with Crippen LogP contribution in [0.5, 0.6) is 11.5 Å². The molecule has 6 rings (SSSR count). The van der Waals surface area contributed by atoms with Gasteiger partial charge in [0.25, 0.3) is 0 Å². The SMILES string of the molecule is COc1ccc(C(=O)/C=C/c2ccc3ccccc3c2-c2c(/C=C/C(=O)c3ccc(OC)cc3)ccc3ccccc23)cc1. The van der Waals surface area contributed by atoms with Gasteiger partial charge >= 0.3 is 0 Å². The van der Waals surface area contributed by atoms with Gasteiger partial charge < -0.3 is 9.47 Å². The molecule has 6 aromatic rings. The minimum Gasteiger partial charge on any atom is -0.497 e. The summed E-state index contributed by atoms with van der Waals surface area (Å²) >= 11 is 0. The lowest BCUT2D eigenvalue weighted by atomic mass is 9.86.